The average molecular weight is 342 g/mol. The maximum atomic E-state index is 5.88. The third kappa shape index (κ3) is 4.06. The molecule has 0 spiro atoms. The zero-order valence-electron chi connectivity index (χ0n) is 15.4. The van der Waals surface area contributed by atoms with Crippen LogP contribution < -0.4 is 10.1 Å². The summed E-state index contributed by atoms with van der Waals surface area (Å²) in [6.07, 6.45) is 5.47. The summed E-state index contributed by atoms with van der Waals surface area (Å²) in [7, 11) is 3.78. The number of hydrogen-bond donors (Lipinski definition) is 1. The lowest BCUT2D eigenvalue weighted by atomic mass is 10.2. The molecule has 7 nitrogen and oxygen atoms in total. The quantitative estimate of drug-likeness (QED) is 0.561. The molecule has 0 aliphatic heterocycles. The van der Waals surface area contributed by atoms with Gasteiger partial charge in [0.1, 0.15) is 6.61 Å². The fourth-order valence-corrected chi connectivity index (χ4v) is 2.62. The first kappa shape index (κ1) is 18.7. The molecular formula is C18H26N6O. The van der Waals surface area contributed by atoms with Crippen LogP contribution in [0.15, 0.2) is 23.8 Å². The molecule has 134 valence electrons. The second-order valence-corrected chi connectivity index (χ2v) is 5.62. The van der Waals surface area contributed by atoms with E-state index in [1.54, 1.807) is 10.9 Å². The molecule has 2 heterocycles. The number of rotatable bonds is 9. The van der Waals surface area contributed by atoms with Crippen molar-refractivity contribution in [2.45, 2.75) is 20.4 Å². The minimum absolute atomic E-state index is 0.510. The lowest BCUT2D eigenvalue weighted by molar-refractivity contribution is 0.286. The molecule has 25 heavy (non-hydrogen) atoms. The Morgan fingerprint density at radius 2 is 2.16 bits per heavy atom. The van der Waals surface area contributed by atoms with Crippen molar-refractivity contribution in [1.29, 1.82) is 0 Å². The van der Waals surface area contributed by atoms with Crippen molar-refractivity contribution in [3.8, 4) is 5.88 Å². The van der Waals surface area contributed by atoms with Crippen LogP contribution in [0.4, 0.5) is 0 Å². The Morgan fingerprint density at radius 1 is 1.40 bits per heavy atom. The standard InChI is InChI=1S/C18H26N6O/c1-7-14-13(3)23(5)22-17(14)12-20-9-10-25-18-15(11-21-24(18)6)16(8-2)19-4/h7-8,11,20H,1,4,9-10,12H2,2-3,5-6H3/b16-8-. The summed E-state index contributed by atoms with van der Waals surface area (Å²) < 4.78 is 9.44. The predicted octanol–water partition coefficient (Wildman–Crippen LogP) is 2.34. The highest BCUT2D eigenvalue weighted by Gasteiger charge is 2.13. The molecule has 0 unspecified atom stereocenters. The van der Waals surface area contributed by atoms with Crippen molar-refractivity contribution >= 4 is 18.5 Å². The Hall–Kier alpha value is -2.67. The Morgan fingerprint density at radius 3 is 2.80 bits per heavy atom. The van der Waals surface area contributed by atoms with E-state index in [1.807, 2.05) is 44.8 Å². The van der Waals surface area contributed by atoms with Gasteiger partial charge < -0.3 is 10.1 Å². The van der Waals surface area contributed by atoms with Gasteiger partial charge in [0.2, 0.25) is 5.88 Å². The zero-order chi connectivity index (χ0) is 18.4. The first-order valence-electron chi connectivity index (χ1n) is 8.17. The molecule has 2 rings (SSSR count). The molecular weight excluding hydrogens is 316 g/mol. The molecule has 0 radical (unpaired) electrons. The van der Waals surface area contributed by atoms with Crippen LogP contribution in [0, 0.1) is 6.92 Å². The van der Waals surface area contributed by atoms with Gasteiger partial charge in [-0.1, -0.05) is 18.7 Å². The summed E-state index contributed by atoms with van der Waals surface area (Å²) in [6, 6.07) is 0. The molecule has 0 amide bonds. The Bertz CT molecular complexity index is 784. The fourth-order valence-electron chi connectivity index (χ4n) is 2.62. The van der Waals surface area contributed by atoms with Crippen molar-refractivity contribution in [2.75, 3.05) is 13.2 Å². The van der Waals surface area contributed by atoms with Crippen LogP contribution in [0.25, 0.3) is 11.8 Å². The smallest absolute Gasteiger partial charge is 0.221 e. The van der Waals surface area contributed by atoms with E-state index in [0.29, 0.717) is 25.6 Å². The van der Waals surface area contributed by atoms with Crippen molar-refractivity contribution in [3.63, 3.8) is 0 Å². The second-order valence-electron chi connectivity index (χ2n) is 5.62. The van der Waals surface area contributed by atoms with Crippen LogP contribution in [0.3, 0.4) is 0 Å². The number of aromatic nitrogens is 4. The SMILES string of the molecule is C=Cc1c(CNCCOc2c(/C(=C/C)N=C)cnn2C)nn(C)c1C. The van der Waals surface area contributed by atoms with E-state index < -0.39 is 0 Å². The van der Waals surface area contributed by atoms with Gasteiger partial charge in [-0.05, 0) is 20.6 Å². The van der Waals surface area contributed by atoms with Gasteiger partial charge in [-0.3, -0.25) is 9.67 Å². The summed E-state index contributed by atoms with van der Waals surface area (Å²) in [4.78, 5) is 4.01. The summed E-state index contributed by atoms with van der Waals surface area (Å²) in [6.45, 7) is 13.3. The summed E-state index contributed by atoms with van der Waals surface area (Å²) in [5, 5.41) is 12.1. The van der Waals surface area contributed by atoms with Crippen LogP contribution in [0.2, 0.25) is 0 Å². The molecule has 0 bridgehead atoms. The molecule has 7 heteroatoms. The minimum atomic E-state index is 0.510. The van der Waals surface area contributed by atoms with Gasteiger partial charge in [0.25, 0.3) is 0 Å². The zero-order valence-corrected chi connectivity index (χ0v) is 15.4. The predicted molar refractivity (Wildman–Crippen MR) is 102 cm³/mol. The van der Waals surface area contributed by atoms with E-state index in [0.717, 1.165) is 28.2 Å². The van der Waals surface area contributed by atoms with Crippen molar-refractivity contribution < 1.29 is 4.74 Å². The fraction of sp³-hybridized carbons (Fsp3) is 0.389. The topological polar surface area (TPSA) is 69.3 Å². The first-order chi connectivity index (χ1) is 12.0. The number of allylic oxidation sites excluding steroid dienone is 1. The van der Waals surface area contributed by atoms with Crippen molar-refractivity contribution in [1.82, 2.24) is 24.9 Å². The van der Waals surface area contributed by atoms with E-state index in [4.69, 9.17) is 4.74 Å². The van der Waals surface area contributed by atoms with Crippen LogP contribution in [0.5, 0.6) is 5.88 Å². The second kappa shape index (κ2) is 8.43. The first-order valence-corrected chi connectivity index (χ1v) is 8.17. The number of nitrogens with zero attached hydrogens (tertiary/aromatic N) is 5. The highest BCUT2D eigenvalue weighted by Crippen LogP contribution is 2.25. The van der Waals surface area contributed by atoms with Gasteiger partial charge in [0.15, 0.2) is 0 Å². The molecule has 0 saturated heterocycles. The van der Waals surface area contributed by atoms with Gasteiger partial charge in [0, 0.05) is 38.4 Å². The minimum Gasteiger partial charge on any atom is -0.476 e. The van der Waals surface area contributed by atoms with Gasteiger partial charge >= 0.3 is 0 Å². The molecule has 0 aliphatic rings. The molecule has 2 aromatic rings. The lowest BCUT2D eigenvalue weighted by Crippen LogP contribution is -2.22. The molecule has 0 aliphatic carbocycles. The maximum absolute atomic E-state index is 5.88. The summed E-state index contributed by atoms with van der Waals surface area (Å²) in [5.41, 5.74) is 4.78. The third-order valence-electron chi connectivity index (χ3n) is 4.08. The number of hydrogen-bond acceptors (Lipinski definition) is 5. The Kier molecular flexibility index (Phi) is 6.30. The van der Waals surface area contributed by atoms with Gasteiger partial charge in [0.05, 0.1) is 23.2 Å². The van der Waals surface area contributed by atoms with Gasteiger partial charge in [-0.25, -0.2) is 4.68 Å². The van der Waals surface area contributed by atoms with E-state index in [1.165, 1.54) is 0 Å². The number of nitrogens with one attached hydrogen (secondary N) is 1. The van der Waals surface area contributed by atoms with Crippen molar-refractivity contribution in [2.24, 2.45) is 19.1 Å². The Labute approximate surface area is 148 Å². The summed E-state index contributed by atoms with van der Waals surface area (Å²) in [5.74, 6) is 0.683. The normalized spacial score (nSPS) is 11.6. The molecule has 0 fully saturated rings. The average Bonchev–Trinajstić information content (AvgIpc) is 3.09. The highest BCUT2D eigenvalue weighted by molar-refractivity contribution is 5.70. The molecule has 1 N–H and O–H groups in total. The van der Waals surface area contributed by atoms with E-state index >= 15 is 0 Å². The molecule has 0 saturated carbocycles. The largest absolute Gasteiger partial charge is 0.476 e. The maximum Gasteiger partial charge on any atom is 0.221 e. The number of ether oxygens (including phenoxy) is 1. The third-order valence-corrected chi connectivity index (χ3v) is 4.08. The van der Waals surface area contributed by atoms with E-state index in [-0.39, 0.29) is 0 Å². The lowest BCUT2D eigenvalue weighted by Gasteiger charge is -2.09. The Balaban J connectivity index is 1.91. The number of aryl methyl sites for hydroxylation is 2. The number of aliphatic imine (C=N–C) groups is 1. The van der Waals surface area contributed by atoms with Crippen LogP contribution in [-0.4, -0.2) is 39.4 Å². The van der Waals surface area contributed by atoms with E-state index in [2.05, 4.69) is 33.8 Å². The molecule has 0 aromatic carbocycles. The monoisotopic (exact) mass is 342 g/mol. The summed E-state index contributed by atoms with van der Waals surface area (Å²) >= 11 is 0. The van der Waals surface area contributed by atoms with Crippen LogP contribution in [-0.2, 0) is 20.6 Å². The van der Waals surface area contributed by atoms with E-state index in [9.17, 15) is 0 Å². The van der Waals surface area contributed by atoms with Crippen LogP contribution in [0.1, 0.15) is 29.4 Å². The highest BCUT2D eigenvalue weighted by atomic mass is 16.5. The van der Waals surface area contributed by atoms with Crippen LogP contribution >= 0.6 is 0 Å². The van der Waals surface area contributed by atoms with Gasteiger partial charge in [-0.15, -0.1) is 0 Å². The van der Waals surface area contributed by atoms with Crippen molar-refractivity contribution in [3.05, 3.63) is 41.4 Å². The molecule has 0 atom stereocenters. The van der Waals surface area contributed by atoms with Gasteiger partial charge in [-0.2, -0.15) is 10.2 Å². The molecule has 2 aromatic heterocycles.